The standard InChI is InChI=1S/C6H8Cl2F3N/c7-4-1-3(6(9,10)11)2-12-5(4)8/h3-5,12H,1-2H2. The van der Waals surface area contributed by atoms with Crippen LogP contribution in [0.25, 0.3) is 0 Å². The van der Waals surface area contributed by atoms with Gasteiger partial charge in [0.25, 0.3) is 0 Å². The molecule has 0 saturated carbocycles. The fourth-order valence-corrected chi connectivity index (χ4v) is 1.60. The maximum atomic E-state index is 12.1. The molecule has 1 N–H and O–H groups in total. The Bertz CT molecular complexity index is 161. The number of rotatable bonds is 0. The Morgan fingerprint density at radius 1 is 1.25 bits per heavy atom. The van der Waals surface area contributed by atoms with Gasteiger partial charge in [-0.1, -0.05) is 0 Å². The van der Waals surface area contributed by atoms with E-state index >= 15 is 0 Å². The first-order valence-electron chi connectivity index (χ1n) is 3.49. The molecule has 0 spiro atoms. The van der Waals surface area contributed by atoms with Gasteiger partial charge in [0.2, 0.25) is 0 Å². The first kappa shape index (κ1) is 10.4. The third kappa shape index (κ3) is 2.41. The van der Waals surface area contributed by atoms with Crippen molar-refractivity contribution in [3.05, 3.63) is 0 Å². The second kappa shape index (κ2) is 3.60. The monoisotopic (exact) mass is 221 g/mol. The molecular weight excluding hydrogens is 214 g/mol. The summed E-state index contributed by atoms with van der Waals surface area (Å²) in [6.45, 7) is -0.138. The Balaban J connectivity index is 2.51. The summed E-state index contributed by atoms with van der Waals surface area (Å²) in [6.07, 6.45) is -4.27. The summed E-state index contributed by atoms with van der Waals surface area (Å²) in [6, 6.07) is 0. The minimum atomic E-state index is -4.17. The normalized spacial score (nSPS) is 38.2. The quantitative estimate of drug-likeness (QED) is 0.490. The zero-order chi connectivity index (χ0) is 9.35. The zero-order valence-electron chi connectivity index (χ0n) is 6.04. The van der Waals surface area contributed by atoms with E-state index in [-0.39, 0.29) is 13.0 Å². The first-order chi connectivity index (χ1) is 5.41. The third-order valence-corrected chi connectivity index (χ3v) is 2.87. The molecule has 0 aliphatic carbocycles. The second-order valence-electron chi connectivity index (χ2n) is 2.80. The number of hydrogen-bond donors (Lipinski definition) is 1. The van der Waals surface area contributed by atoms with Crippen molar-refractivity contribution >= 4 is 23.2 Å². The van der Waals surface area contributed by atoms with Gasteiger partial charge in [0.15, 0.2) is 0 Å². The molecule has 0 bridgehead atoms. The molecule has 72 valence electrons. The number of piperidine rings is 1. The van der Waals surface area contributed by atoms with E-state index in [2.05, 4.69) is 5.32 Å². The van der Waals surface area contributed by atoms with Crippen LogP contribution in [0.3, 0.4) is 0 Å². The molecule has 6 heteroatoms. The van der Waals surface area contributed by atoms with Gasteiger partial charge in [-0.15, -0.1) is 23.2 Å². The van der Waals surface area contributed by atoms with Gasteiger partial charge in [0, 0.05) is 6.54 Å². The second-order valence-corrected chi connectivity index (χ2v) is 3.83. The predicted molar refractivity (Wildman–Crippen MR) is 41.4 cm³/mol. The van der Waals surface area contributed by atoms with E-state index in [1.165, 1.54) is 0 Å². The van der Waals surface area contributed by atoms with Crippen LogP contribution in [0, 0.1) is 5.92 Å². The Morgan fingerprint density at radius 2 is 1.83 bits per heavy atom. The Kier molecular flexibility index (Phi) is 3.12. The van der Waals surface area contributed by atoms with Crippen molar-refractivity contribution in [1.82, 2.24) is 5.32 Å². The first-order valence-corrected chi connectivity index (χ1v) is 4.37. The summed E-state index contributed by atoms with van der Waals surface area (Å²) in [5.74, 6) is -1.37. The zero-order valence-corrected chi connectivity index (χ0v) is 7.55. The van der Waals surface area contributed by atoms with E-state index in [0.717, 1.165) is 0 Å². The van der Waals surface area contributed by atoms with Gasteiger partial charge in [0.1, 0.15) is 0 Å². The van der Waals surface area contributed by atoms with E-state index < -0.39 is 23.0 Å². The molecule has 1 aliphatic rings. The van der Waals surface area contributed by atoms with Gasteiger partial charge in [-0.25, -0.2) is 0 Å². The fourth-order valence-electron chi connectivity index (χ4n) is 1.11. The Morgan fingerprint density at radius 3 is 2.25 bits per heavy atom. The van der Waals surface area contributed by atoms with Crippen molar-refractivity contribution in [1.29, 1.82) is 0 Å². The average Bonchev–Trinajstić information content (AvgIpc) is 1.92. The minimum absolute atomic E-state index is 0.105. The van der Waals surface area contributed by atoms with Gasteiger partial charge in [0.05, 0.1) is 16.8 Å². The van der Waals surface area contributed by atoms with Crippen molar-refractivity contribution in [2.75, 3.05) is 6.54 Å². The molecular formula is C6H8Cl2F3N. The summed E-state index contributed by atoms with van der Waals surface area (Å²) < 4.78 is 36.3. The molecule has 12 heavy (non-hydrogen) atoms. The van der Waals surface area contributed by atoms with E-state index in [1.54, 1.807) is 0 Å². The fraction of sp³-hybridized carbons (Fsp3) is 1.00. The number of nitrogens with one attached hydrogen (secondary N) is 1. The SMILES string of the molecule is FC(F)(F)C1CNC(Cl)C(Cl)C1. The number of hydrogen-bond acceptors (Lipinski definition) is 1. The Hall–Kier alpha value is 0.330. The van der Waals surface area contributed by atoms with Crippen molar-refractivity contribution < 1.29 is 13.2 Å². The molecule has 0 aromatic rings. The lowest BCUT2D eigenvalue weighted by Crippen LogP contribution is -2.47. The molecule has 1 saturated heterocycles. The van der Waals surface area contributed by atoms with Crippen LogP contribution >= 0.6 is 23.2 Å². The highest BCUT2D eigenvalue weighted by Crippen LogP contribution is 2.34. The minimum Gasteiger partial charge on any atom is -0.299 e. The summed E-state index contributed by atoms with van der Waals surface area (Å²) in [7, 11) is 0. The maximum absolute atomic E-state index is 12.1. The predicted octanol–water partition coefficient (Wildman–Crippen LogP) is 2.33. The Labute approximate surface area is 78.2 Å². The van der Waals surface area contributed by atoms with E-state index in [0.29, 0.717) is 0 Å². The molecule has 1 fully saturated rings. The van der Waals surface area contributed by atoms with Crippen molar-refractivity contribution in [2.45, 2.75) is 23.5 Å². The van der Waals surface area contributed by atoms with Crippen LogP contribution in [0.5, 0.6) is 0 Å². The molecule has 1 rings (SSSR count). The van der Waals surface area contributed by atoms with Crippen LogP contribution in [0.1, 0.15) is 6.42 Å². The number of alkyl halides is 5. The highest BCUT2D eigenvalue weighted by Gasteiger charge is 2.43. The van der Waals surface area contributed by atoms with Gasteiger partial charge < -0.3 is 0 Å². The van der Waals surface area contributed by atoms with Crippen molar-refractivity contribution in [2.24, 2.45) is 5.92 Å². The van der Waals surface area contributed by atoms with E-state index in [4.69, 9.17) is 23.2 Å². The third-order valence-electron chi connectivity index (χ3n) is 1.85. The highest BCUT2D eigenvalue weighted by atomic mass is 35.5. The summed E-state index contributed by atoms with van der Waals surface area (Å²) >= 11 is 11.1. The molecule has 0 radical (unpaired) electrons. The van der Waals surface area contributed by atoms with Gasteiger partial charge in [-0.2, -0.15) is 13.2 Å². The molecule has 1 heterocycles. The number of halogens is 5. The molecule has 1 nitrogen and oxygen atoms in total. The molecule has 1 aliphatic heterocycles. The van der Waals surface area contributed by atoms with Crippen LogP contribution in [0.2, 0.25) is 0 Å². The van der Waals surface area contributed by atoms with Gasteiger partial charge in [-0.05, 0) is 6.42 Å². The lowest BCUT2D eigenvalue weighted by atomic mass is 9.99. The van der Waals surface area contributed by atoms with Crippen LogP contribution < -0.4 is 5.32 Å². The summed E-state index contributed by atoms with van der Waals surface area (Å²) in [5.41, 5.74) is -0.551. The summed E-state index contributed by atoms with van der Waals surface area (Å²) in [5, 5.41) is 1.86. The molecule has 0 amide bonds. The van der Waals surface area contributed by atoms with Gasteiger partial charge >= 0.3 is 6.18 Å². The molecule has 3 atom stereocenters. The van der Waals surface area contributed by atoms with E-state index in [1.807, 2.05) is 0 Å². The van der Waals surface area contributed by atoms with Crippen LogP contribution in [-0.4, -0.2) is 23.6 Å². The lowest BCUT2D eigenvalue weighted by Gasteiger charge is -2.31. The van der Waals surface area contributed by atoms with E-state index in [9.17, 15) is 13.2 Å². The van der Waals surface area contributed by atoms with Crippen molar-refractivity contribution in [3.8, 4) is 0 Å². The maximum Gasteiger partial charge on any atom is 0.393 e. The largest absolute Gasteiger partial charge is 0.393 e. The molecule has 3 unspecified atom stereocenters. The van der Waals surface area contributed by atoms with Crippen LogP contribution in [0.15, 0.2) is 0 Å². The lowest BCUT2D eigenvalue weighted by molar-refractivity contribution is -0.178. The topological polar surface area (TPSA) is 12.0 Å². The van der Waals surface area contributed by atoms with Crippen molar-refractivity contribution in [3.63, 3.8) is 0 Å². The molecule has 0 aromatic carbocycles. The van der Waals surface area contributed by atoms with Crippen LogP contribution in [0.4, 0.5) is 13.2 Å². The molecule has 0 aromatic heterocycles. The summed E-state index contributed by atoms with van der Waals surface area (Å²) in [4.78, 5) is 0. The van der Waals surface area contributed by atoms with Crippen LogP contribution in [-0.2, 0) is 0 Å². The smallest absolute Gasteiger partial charge is 0.299 e. The average molecular weight is 222 g/mol. The highest BCUT2D eigenvalue weighted by molar-refractivity contribution is 6.29. The van der Waals surface area contributed by atoms with Gasteiger partial charge in [-0.3, -0.25) is 5.32 Å².